The maximum Gasteiger partial charge on any atom is 0.264 e. The number of amides is 1. The van der Waals surface area contributed by atoms with E-state index in [-0.39, 0.29) is 24.4 Å². The lowest BCUT2D eigenvalue weighted by atomic mass is 10.3. The van der Waals surface area contributed by atoms with Gasteiger partial charge in [-0.05, 0) is 31.2 Å². The Kier molecular flexibility index (Phi) is 4.78. The number of ether oxygens (including phenoxy) is 1. The maximum absolute atomic E-state index is 12.3. The Labute approximate surface area is 144 Å². The van der Waals surface area contributed by atoms with Crippen molar-refractivity contribution in [2.24, 2.45) is 7.05 Å². The fourth-order valence-electron chi connectivity index (χ4n) is 2.47. The summed E-state index contributed by atoms with van der Waals surface area (Å²) in [5, 5.41) is 7.26. The highest BCUT2D eigenvalue weighted by atomic mass is 16.5. The van der Waals surface area contributed by atoms with E-state index in [9.17, 15) is 9.59 Å². The van der Waals surface area contributed by atoms with Crippen LogP contribution in [0, 0.1) is 0 Å². The zero-order valence-electron chi connectivity index (χ0n) is 14.1. The summed E-state index contributed by atoms with van der Waals surface area (Å²) in [5.41, 5.74) is 1.01. The van der Waals surface area contributed by atoms with E-state index in [4.69, 9.17) is 4.74 Å². The SMILES string of the molecule is CCOc1ccc(NC(=O)CCn2cnc3c(cnn3C)c2=O)cc1. The highest BCUT2D eigenvalue weighted by Crippen LogP contribution is 2.15. The van der Waals surface area contributed by atoms with Crippen LogP contribution in [0.1, 0.15) is 13.3 Å². The second kappa shape index (κ2) is 7.16. The van der Waals surface area contributed by atoms with Crippen molar-refractivity contribution in [1.29, 1.82) is 0 Å². The first-order valence-corrected chi connectivity index (χ1v) is 7.98. The number of benzene rings is 1. The molecule has 0 atom stereocenters. The first-order chi connectivity index (χ1) is 12.1. The van der Waals surface area contributed by atoms with Crippen LogP contribution in [-0.4, -0.2) is 31.8 Å². The number of fused-ring (bicyclic) bond motifs is 1. The fourth-order valence-corrected chi connectivity index (χ4v) is 2.47. The number of carbonyl (C=O) groups excluding carboxylic acids is 1. The number of carbonyl (C=O) groups is 1. The summed E-state index contributed by atoms with van der Waals surface area (Å²) in [6.45, 7) is 2.75. The van der Waals surface area contributed by atoms with E-state index in [0.717, 1.165) is 5.75 Å². The molecule has 0 radical (unpaired) electrons. The van der Waals surface area contributed by atoms with Gasteiger partial charge in [0.25, 0.3) is 5.56 Å². The van der Waals surface area contributed by atoms with Crippen LogP contribution in [0.3, 0.4) is 0 Å². The van der Waals surface area contributed by atoms with Gasteiger partial charge in [0.15, 0.2) is 5.65 Å². The number of hydrogen-bond acceptors (Lipinski definition) is 5. The number of hydrogen-bond donors (Lipinski definition) is 1. The van der Waals surface area contributed by atoms with Gasteiger partial charge in [0.1, 0.15) is 11.1 Å². The molecule has 0 saturated heterocycles. The smallest absolute Gasteiger partial charge is 0.264 e. The topological polar surface area (TPSA) is 91.0 Å². The van der Waals surface area contributed by atoms with Crippen molar-refractivity contribution in [1.82, 2.24) is 19.3 Å². The zero-order valence-corrected chi connectivity index (χ0v) is 14.1. The van der Waals surface area contributed by atoms with Gasteiger partial charge in [0.2, 0.25) is 5.91 Å². The van der Waals surface area contributed by atoms with Crippen molar-refractivity contribution >= 4 is 22.6 Å². The van der Waals surface area contributed by atoms with E-state index in [2.05, 4.69) is 15.4 Å². The molecule has 0 aliphatic carbocycles. The third kappa shape index (κ3) is 3.68. The standard InChI is InChI=1S/C17H19N5O3/c1-3-25-13-6-4-12(5-7-13)20-15(23)8-9-22-11-18-16-14(17(22)24)10-19-21(16)2/h4-7,10-11H,3,8-9H2,1-2H3,(H,20,23). The lowest BCUT2D eigenvalue weighted by molar-refractivity contribution is -0.116. The molecule has 25 heavy (non-hydrogen) atoms. The molecule has 8 heteroatoms. The van der Waals surface area contributed by atoms with Gasteiger partial charge in [-0.2, -0.15) is 5.10 Å². The van der Waals surface area contributed by atoms with E-state index in [1.165, 1.54) is 17.1 Å². The summed E-state index contributed by atoms with van der Waals surface area (Å²) in [7, 11) is 1.73. The Morgan fingerprint density at radius 3 is 2.76 bits per heavy atom. The molecule has 3 rings (SSSR count). The average molecular weight is 341 g/mol. The molecule has 0 spiro atoms. The van der Waals surface area contributed by atoms with Gasteiger partial charge in [-0.1, -0.05) is 0 Å². The summed E-state index contributed by atoms with van der Waals surface area (Å²) < 4.78 is 8.32. The molecule has 0 fully saturated rings. The minimum absolute atomic E-state index is 0.167. The molecule has 1 N–H and O–H groups in total. The molecule has 0 saturated carbocycles. The average Bonchev–Trinajstić information content (AvgIpc) is 2.98. The van der Waals surface area contributed by atoms with Crippen LogP contribution < -0.4 is 15.6 Å². The van der Waals surface area contributed by atoms with Crippen LogP contribution in [0.4, 0.5) is 5.69 Å². The van der Waals surface area contributed by atoms with Crippen molar-refractivity contribution in [3.8, 4) is 5.75 Å². The highest BCUT2D eigenvalue weighted by molar-refractivity contribution is 5.90. The number of anilines is 1. The number of aryl methyl sites for hydroxylation is 2. The van der Waals surface area contributed by atoms with Crippen LogP contribution in [-0.2, 0) is 18.4 Å². The summed E-state index contributed by atoms with van der Waals surface area (Å²) in [6.07, 6.45) is 3.10. The molecule has 0 aliphatic rings. The minimum atomic E-state index is -0.202. The van der Waals surface area contributed by atoms with Gasteiger partial charge in [-0.25, -0.2) is 4.98 Å². The molecule has 2 heterocycles. The lowest BCUT2D eigenvalue weighted by Crippen LogP contribution is -2.23. The number of nitrogens with zero attached hydrogens (tertiary/aromatic N) is 4. The third-order valence-electron chi connectivity index (χ3n) is 3.75. The Morgan fingerprint density at radius 2 is 2.04 bits per heavy atom. The van der Waals surface area contributed by atoms with E-state index in [1.54, 1.807) is 36.0 Å². The minimum Gasteiger partial charge on any atom is -0.494 e. The molecular weight excluding hydrogens is 322 g/mol. The Morgan fingerprint density at radius 1 is 1.28 bits per heavy atom. The van der Waals surface area contributed by atoms with Crippen LogP contribution >= 0.6 is 0 Å². The molecule has 130 valence electrons. The Balaban J connectivity index is 1.62. The summed E-state index contributed by atoms with van der Waals surface area (Å²) in [4.78, 5) is 28.6. The van der Waals surface area contributed by atoms with E-state index in [1.807, 2.05) is 6.92 Å². The molecule has 8 nitrogen and oxygen atoms in total. The molecule has 0 unspecified atom stereocenters. The van der Waals surface area contributed by atoms with E-state index < -0.39 is 0 Å². The predicted octanol–water partition coefficient (Wildman–Crippen LogP) is 1.56. The maximum atomic E-state index is 12.3. The fraction of sp³-hybridized carbons (Fsp3) is 0.294. The first kappa shape index (κ1) is 16.7. The van der Waals surface area contributed by atoms with Crippen molar-refractivity contribution in [2.45, 2.75) is 19.9 Å². The van der Waals surface area contributed by atoms with Gasteiger partial charge in [-0.3, -0.25) is 18.8 Å². The van der Waals surface area contributed by atoms with Crippen molar-refractivity contribution < 1.29 is 9.53 Å². The van der Waals surface area contributed by atoms with Crippen molar-refractivity contribution in [3.63, 3.8) is 0 Å². The monoisotopic (exact) mass is 341 g/mol. The molecule has 3 aromatic rings. The van der Waals surface area contributed by atoms with Gasteiger partial charge in [0, 0.05) is 25.7 Å². The predicted molar refractivity (Wildman–Crippen MR) is 93.6 cm³/mol. The van der Waals surface area contributed by atoms with Gasteiger partial charge in [0.05, 0.1) is 19.1 Å². The lowest BCUT2D eigenvalue weighted by Gasteiger charge is -2.08. The normalized spacial score (nSPS) is 10.8. The Hall–Kier alpha value is -3.16. The molecule has 2 aromatic heterocycles. The van der Waals surface area contributed by atoms with Crippen LogP contribution in [0.15, 0.2) is 41.6 Å². The summed E-state index contributed by atoms with van der Waals surface area (Å²) in [6, 6.07) is 7.14. The second-order valence-corrected chi connectivity index (χ2v) is 5.50. The number of nitrogens with one attached hydrogen (secondary N) is 1. The number of aromatic nitrogens is 4. The Bertz CT molecular complexity index is 943. The zero-order chi connectivity index (χ0) is 17.8. The van der Waals surface area contributed by atoms with Gasteiger partial charge in [-0.15, -0.1) is 0 Å². The van der Waals surface area contributed by atoms with Crippen LogP contribution in [0.25, 0.3) is 11.0 Å². The molecule has 0 bridgehead atoms. The van der Waals surface area contributed by atoms with E-state index in [0.29, 0.717) is 23.3 Å². The molecule has 1 amide bonds. The van der Waals surface area contributed by atoms with Crippen molar-refractivity contribution in [2.75, 3.05) is 11.9 Å². The second-order valence-electron chi connectivity index (χ2n) is 5.50. The van der Waals surface area contributed by atoms with Crippen molar-refractivity contribution in [3.05, 3.63) is 47.1 Å². The van der Waals surface area contributed by atoms with Crippen LogP contribution in [0.2, 0.25) is 0 Å². The largest absolute Gasteiger partial charge is 0.494 e. The first-order valence-electron chi connectivity index (χ1n) is 7.98. The molecule has 1 aromatic carbocycles. The number of rotatable bonds is 6. The van der Waals surface area contributed by atoms with Crippen LogP contribution in [0.5, 0.6) is 5.75 Å². The van der Waals surface area contributed by atoms with Gasteiger partial charge < -0.3 is 10.1 Å². The summed E-state index contributed by atoms with van der Waals surface area (Å²) in [5.74, 6) is 0.574. The van der Waals surface area contributed by atoms with E-state index >= 15 is 0 Å². The molecule has 0 aliphatic heterocycles. The molecular formula is C17H19N5O3. The third-order valence-corrected chi connectivity index (χ3v) is 3.75. The summed E-state index contributed by atoms with van der Waals surface area (Å²) >= 11 is 0. The quantitative estimate of drug-likeness (QED) is 0.735. The van der Waals surface area contributed by atoms with Gasteiger partial charge >= 0.3 is 0 Å². The highest BCUT2D eigenvalue weighted by Gasteiger charge is 2.09.